The highest BCUT2D eigenvalue weighted by Gasteiger charge is 2.38. The van der Waals surface area contributed by atoms with Crippen molar-refractivity contribution in [2.24, 2.45) is 0 Å². The summed E-state index contributed by atoms with van der Waals surface area (Å²) in [4.78, 5) is 18.5. The first-order valence-corrected chi connectivity index (χ1v) is 11.4. The van der Waals surface area contributed by atoms with Crippen LogP contribution in [0.25, 0.3) is 0 Å². The van der Waals surface area contributed by atoms with Gasteiger partial charge in [0.15, 0.2) is 0 Å². The minimum Gasteiger partial charge on any atom is -0.484 e. The molecule has 0 spiro atoms. The molecule has 0 radical (unpaired) electrons. The van der Waals surface area contributed by atoms with Crippen LogP contribution in [0.1, 0.15) is 31.2 Å². The quantitative estimate of drug-likeness (QED) is 0.723. The molecule has 0 amide bonds. The Kier molecular flexibility index (Phi) is 5.91. The van der Waals surface area contributed by atoms with E-state index in [9.17, 15) is 0 Å². The van der Waals surface area contributed by atoms with Crippen molar-refractivity contribution in [1.82, 2.24) is 15.0 Å². The third-order valence-electron chi connectivity index (χ3n) is 6.22. The number of rotatable bonds is 5. The van der Waals surface area contributed by atoms with E-state index in [1.54, 1.807) is 6.20 Å². The molecule has 8 heteroatoms. The first-order valence-electron chi connectivity index (χ1n) is 11.4. The first-order chi connectivity index (χ1) is 15.2. The SMILES string of the molecule is CCc1cc(N2C[C@@H]3OCC(Oc4ccc(C)nc4)CO[C@H]3C2)nc(N2CCCC2)n1. The topological polar surface area (TPSA) is 72.8 Å². The van der Waals surface area contributed by atoms with Gasteiger partial charge in [-0.05, 0) is 38.3 Å². The van der Waals surface area contributed by atoms with E-state index in [2.05, 4.69) is 27.8 Å². The summed E-state index contributed by atoms with van der Waals surface area (Å²) in [5, 5.41) is 0. The number of ether oxygens (including phenoxy) is 3. The Hall–Kier alpha value is -2.45. The zero-order valence-corrected chi connectivity index (χ0v) is 18.4. The van der Waals surface area contributed by atoms with Crippen LogP contribution in [0.4, 0.5) is 11.8 Å². The van der Waals surface area contributed by atoms with Crippen molar-refractivity contribution in [3.8, 4) is 5.75 Å². The Morgan fingerprint density at radius 3 is 2.42 bits per heavy atom. The molecule has 5 rings (SSSR count). The van der Waals surface area contributed by atoms with Gasteiger partial charge in [0.2, 0.25) is 5.95 Å². The van der Waals surface area contributed by atoms with Gasteiger partial charge in [-0.25, -0.2) is 4.98 Å². The molecule has 3 saturated heterocycles. The Bertz CT molecular complexity index is 871. The third kappa shape index (κ3) is 4.60. The van der Waals surface area contributed by atoms with Gasteiger partial charge >= 0.3 is 0 Å². The fourth-order valence-corrected chi connectivity index (χ4v) is 4.42. The summed E-state index contributed by atoms with van der Waals surface area (Å²) >= 11 is 0. The van der Waals surface area contributed by atoms with Crippen molar-refractivity contribution in [3.05, 3.63) is 35.8 Å². The predicted molar refractivity (Wildman–Crippen MR) is 118 cm³/mol. The van der Waals surface area contributed by atoms with Crippen LogP contribution in [-0.2, 0) is 15.9 Å². The van der Waals surface area contributed by atoms with Gasteiger partial charge in [0.1, 0.15) is 29.9 Å². The highest BCUT2D eigenvalue weighted by atomic mass is 16.6. The Morgan fingerprint density at radius 1 is 1.03 bits per heavy atom. The van der Waals surface area contributed by atoms with Crippen molar-refractivity contribution < 1.29 is 14.2 Å². The summed E-state index contributed by atoms with van der Waals surface area (Å²) in [6.45, 7) is 8.74. The molecule has 3 fully saturated rings. The normalized spacial score (nSPS) is 24.3. The second kappa shape index (κ2) is 8.96. The highest BCUT2D eigenvalue weighted by Crippen LogP contribution is 2.28. The summed E-state index contributed by atoms with van der Waals surface area (Å²) in [7, 11) is 0. The smallest absolute Gasteiger partial charge is 0.227 e. The van der Waals surface area contributed by atoms with E-state index in [0.717, 1.165) is 61.5 Å². The zero-order valence-electron chi connectivity index (χ0n) is 18.4. The summed E-state index contributed by atoms with van der Waals surface area (Å²) in [6.07, 6.45) is 4.98. The fraction of sp³-hybridized carbons (Fsp3) is 0.609. The Morgan fingerprint density at radius 2 is 1.77 bits per heavy atom. The first kappa shape index (κ1) is 20.5. The second-order valence-electron chi connectivity index (χ2n) is 8.59. The average molecular weight is 426 g/mol. The van der Waals surface area contributed by atoms with Crippen LogP contribution < -0.4 is 14.5 Å². The van der Waals surface area contributed by atoms with Crippen molar-refractivity contribution in [1.29, 1.82) is 0 Å². The lowest BCUT2D eigenvalue weighted by atomic mass is 10.3. The molecule has 0 saturated carbocycles. The molecule has 3 aliphatic rings. The van der Waals surface area contributed by atoms with Crippen LogP contribution in [0.5, 0.6) is 5.75 Å². The Balaban J connectivity index is 1.24. The molecule has 2 aromatic rings. The molecule has 0 N–H and O–H groups in total. The van der Waals surface area contributed by atoms with E-state index in [1.807, 2.05) is 19.1 Å². The van der Waals surface area contributed by atoms with E-state index in [4.69, 9.17) is 24.2 Å². The standard InChI is InChI=1S/C23H31N5O3/c1-3-17-10-22(26-23(25-17)27-8-4-5-9-27)28-12-20-21(13-28)30-15-19(14-29-20)31-18-7-6-16(2)24-11-18/h6-7,10-11,19-21H,3-5,8-9,12-15H2,1-2H3/t20-,21-/m0/s1. The number of hydrogen-bond acceptors (Lipinski definition) is 8. The third-order valence-corrected chi connectivity index (χ3v) is 6.22. The Labute approximate surface area is 183 Å². The lowest BCUT2D eigenvalue weighted by Gasteiger charge is -2.23. The van der Waals surface area contributed by atoms with Gasteiger partial charge in [0.05, 0.1) is 19.4 Å². The van der Waals surface area contributed by atoms with Crippen LogP contribution in [0.15, 0.2) is 24.4 Å². The number of anilines is 2. The molecular weight excluding hydrogens is 394 g/mol. The van der Waals surface area contributed by atoms with Crippen LogP contribution in [0.2, 0.25) is 0 Å². The lowest BCUT2D eigenvalue weighted by Crippen LogP contribution is -2.30. The number of nitrogens with zero attached hydrogens (tertiary/aromatic N) is 5. The number of pyridine rings is 1. The van der Waals surface area contributed by atoms with Gasteiger partial charge in [-0.15, -0.1) is 0 Å². The molecule has 0 aliphatic carbocycles. The van der Waals surface area contributed by atoms with Gasteiger partial charge in [-0.1, -0.05) is 6.92 Å². The summed E-state index contributed by atoms with van der Waals surface area (Å²) in [6, 6.07) is 6.00. The summed E-state index contributed by atoms with van der Waals surface area (Å²) in [5.41, 5.74) is 2.06. The van der Waals surface area contributed by atoms with Crippen LogP contribution in [-0.4, -0.2) is 72.7 Å². The monoisotopic (exact) mass is 425 g/mol. The molecule has 166 valence electrons. The van der Waals surface area contributed by atoms with E-state index >= 15 is 0 Å². The highest BCUT2D eigenvalue weighted by molar-refractivity contribution is 5.48. The van der Waals surface area contributed by atoms with E-state index < -0.39 is 0 Å². The average Bonchev–Trinajstić information content (AvgIpc) is 3.44. The minimum atomic E-state index is -0.129. The van der Waals surface area contributed by atoms with Gasteiger partial charge in [0.25, 0.3) is 0 Å². The largest absolute Gasteiger partial charge is 0.484 e. The number of aryl methyl sites for hydroxylation is 2. The minimum absolute atomic E-state index is 0.0139. The second-order valence-corrected chi connectivity index (χ2v) is 8.59. The molecule has 2 aromatic heterocycles. The van der Waals surface area contributed by atoms with Crippen molar-refractivity contribution in [3.63, 3.8) is 0 Å². The van der Waals surface area contributed by atoms with E-state index in [-0.39, 0.29) is 18.3 Å². The van der Waals surface area contributed by atoms with Crippen LogP contribution in [0.3, 0.4) is 0 Å². The molecular formula is C23H31N5O3. The molecule has 0 unspecified atom stereocenters. The van der Waals surface area contributed by atoms with Gasteiger partial charge in [-0.2, -0.15) is 4.98 Å². The zero-order chi connectivity index (χ0) is 21.2. The number of fused-ring (bicyclic) bond motifs is 1. The van der Waals surface area contributed by atoms with Crippen LogP contribution in [0, 0.1) is 6.92 Å². The van der Waals surface area contributed by atoms with Crippen molar-refractivity contribution in [2.45, 2.75) is 51.4 Å². The fourth-order valence-electron chi connectivity index (χ4n) is 4.42. The van der Waals surface area contributed by atoms with Crippen LogP contribution >= 0.6 is 0 Å². The summed E-state index contributed by atoms with van der Waals surface area (Å²) in [5.74, 6) is 2.59. The number of hydrogen-bond donors (Lipinski definition) is 0. The van der Waals surface area contributed by atoms with Crippen molar-refractivity contribution in [2.75, 3.05) is 49.2 Å². The number of aromatic nitrogens is 3. The molecule has 0 aromatic carbocycles. The maximum Gasteiger partial charge on any atom is 0.227 e. The molecule has 3 aliphatic heterocycles. The molecule has 8 nitrogen and oxygen atoms in total. The van der Waals surface area contributed by atoms with Gasteiger partial charge < -0.3 is 24.0 Å². The van der Waals surface area contributed by atoms with Crippen molar-refractivity contribution >= 4 is 11.8 Å². The maximum atomic E-state index is 6.21. The predicted octanol–water partition coefficient (Wildman–Crippen LogP) is 2.39. The molecule has 0 bridgehead atoms. The van der Waals surface area contributed by atoms with E-state index in [0.29, 0.717) is 13.2 Å². The lowest BCUT2D eigenvalue weighted by molar-refractivity contribution is -0.00461. The van der Waals surface area contributed by atoms with E-state index in [1.165, 1.54) is 12.8 Å². The summed E-state index contributed by atoms with van der Waals surface area (Å²) < 4.78 is 18.4. The maximum absolute atomic E-state index is 6.21. The van der Waals surface area contributed by atoms with Gasteiger partial charge in [-0.3, -0.25) is 4.98 Å². The molecule has 31 heavy (non-hydrogen) atoms. The molecule has 2 atom stereocenters. The van der Waals surface area contributed by atoms with Gasteiger partial charge in [0, 0.05) is 43.6 Å². The molecule has 5 heterocycles.